The second-order valence-electron chi connectivity index (χ2n) is 5.33. The molecule has 1 aromatic rings. The lowest BCUT2D eigenvalue weighted by Crippen LogP contribution is -2.16. The SMILES string of the molecule is CCCCCCCOC(=O)C(CCC)c1ccccc1. The van der Waals surface area contributed by atoms with Crippen LogP contribution in [0.4, 0.5) is 0 Å². The molecule has 0 amide bonds. The molecule has 0 aliphatic carbocycles. The molecule has 1 unspecified atom stereocenters. The molecule has 1 atom stereocenters. The number of benzene rings is 1. The number of carbonyl (C=O) groups excluding carboxylic acids is 1. The third-order valence-corrected chi connectivity index (χ3v) is 3.56. The molecule has 0 spiro atoms. The van der Waals surface area contributed by atoms with Gasteiger partial charge < -0.3 is 4.74 Å². The predicted molar refractivity (Wildman–Crippen MR) is 83.8 cm³/mol. The summed E-state index contributed by atoms with van der Waals surface area (Å²) in [7, 11) is 0. The van der Waals surface area contributed by atoms with Crippen molar-refractivity contribution in [2.24, 2.45) is 0 Å². The van der Waals surface area contributed by atoms with Gasteiger partial charge in [-0.3, -0.25) is 4.79 Å². The third kappa shape index (κ3) is 6.23. The quantitative estimate of drug-likeness (QED) is 0.440. The van der Waals surface area contributed by atoms with Crippen LogP contribution in [0.1, 0.15) is 70.3 Å². The molecule has 0 radical (unpaired) electrons. The first kappa shape index (κ1) is 16.7. The van der Waals surface area contributed by atoms with Crippen molar-refractivity contribution in [2.45, 2.75) is 64.7 Å². The second-order valence-corrected chi connectivity index (χ2v) is 5.33. The van der Waals surface area contributed by atoms with E-state index < -0.39 is 0 Å². The van der Waals surface area contributed by atoms with Crippen LogP contribution in [0.3, 0.4) is 0 Å². The fourth-order valence-corrected chi connectivity index (χ4v) is 2.37. The molecule has 20 heavy (non-hydrogen) atoms. The maximum absolute atomic E-state index is 12.2. The molecule has 0 N–H and O–H groups in total. The second kappa shape index (κ2) is 10.5. The Hall–Kier alpha value is -1.31. The van der Waals surface area contributed by atoms with Gasteiger partial charge in [0.25, 0.3) is 0 Å². The summed E-state index contributed by atoms with van der Waals surface area (Å²) in [6, 6.07) is 9.98. The van der Waals surface area contributed by atoms with Gasteiger partial charge in [0.15, 0.2) is 0 Å². The number of rotatable bonds is 10. The molecular weight excluding hydrogens is 248 g/mol. The highest BCUT2D eigenvalue weighted by atomic mass is 16.5. The van der Waals surface area contributed by atoms with Crippen LogP contribution >= 0.6 is 0 Å². The zero-order chi connectivity index (χ0) is 14.6. The number of ether oxygens (including phenoxy) is 1. The highest BCUT2D eigenvalue weighted by Crippen LogP contribution is 2.22. The molecule has 0 bridgehead atoms. The first-order valence-electron chi connectivity index (χ1n) is 8.01. The van der Waals surface area contributed by atoms with Gasteiger partial charge >= 0.3 is 5.97 Å². The number of unbranched alkanes of at least 4 members (excludes halogenated alkanes) is 4. The molecule has 2 heteroatoms. The lowest BCUT2D eigenvalue weighted by atomic mass is 9.95. The summed E-state index contributed by atoms with van der Waals surface area (Å²) in [5, 5.41) is 0. The number of esters is 1. The molecule has 1 aromatic carbocycles. The molecule has 0 saturated heterocycles. The first-order valence-corrected chi connectivity index (χ1v) is 8.01. The van der Waals surface area contributed by atoms with Crippen LogP contribution < -0.4 is 0 Å². The molecule has 0 fully saturated rings. The molecule has 0 heterocycles. The van der Waals surface area contributed by atoms with Crippen LogP contribution in [-0.4, -0.2) is 12.6 Å². The van der Waals surface area contributed by atoms with Crippen molar-refractivity contribution in [3.63, 3.8) is 0 Å². The van der Waals surface area contributed by atoms with Crippen molar-refractivity contribution in [3.8, 4) is 0 Å². The smallest absolute Gasteiger partial charge is 0.313 e. The lowest BCUT2D eigenvalue weighted by molar-refractivity contribution is -0.145. The minimum atomic E-state index is -0.100. The summed E-state index contributed by atoms with van der Waals surface area (Å²) < 4.78 is 5.45. The van der Waals surface area contributed by atoms with E-state index in [2.05, 4.69) is 13.8 Å². The van der Waals surface area contributed by atoms with Crippen molar-refractivity contribution in [1.82, 2.24) is 0 Å². The maximum Gasteiger partial charge on any atom is 0.313 e. The summed E-state index contributed by atoms with van der Waals surface area (Å²) >= 11 is 0. The van der Waals surface area contributed by atoms with Crippen LogP contribution in [0.15, 0.2) is 30.3 Å². The van der Waals surface area contributed by atoms with Crippen molar-refractivity contribution in [2.75, 3.05) is 6.61 Å². The van der Waals surface area contributed by atoms with Gasteiger partial charge in [-0.25, -0.2) is 0 Å². The molecule has 2 nitrogen and oxygen atoms in total. The standard InChI is InChI=1S/C18H28O2/c1-3-5-6-7-11-15-20-18(19)17(12-4-2)16-13-9-8-10-14-16/h8-10,13-14,17H,3-7,11-12,15H2,1-2H3. The highest BCUT2D eigenvalue weighted by molar-refractivity contribution is 5.78. The zero-order valence-corrected chi connectivity index (χ0v) is 12.9. The number of hydrogen-bond acceptors (Lipinski definition) is 2. The Kier molecular flexibility index (Phi) is 8.77. The average Bonchev–Trinajstić information content (AvgIpc) is 2.49. The summed E-state index contributed by atoms with van der Waals surface area (Å²) in [5.41, 5.74) is 1.07. The molecular formula is C18H28O2. The molecule has 0 aromatic heterocycles. The van der Waals surface area contributed by atoms with Gasteiger partial charge in [-0.1, -0.05) is 76.3 Å². The van der Waals surface area contributed by atoms with E-state index >= 15 is 0 Å². The Morgan fingerprint density at radius 3 is 2.35 bits per heavy atom. The summed E-state index contributed by atoms with van der Waals surface area (Å²) in [6.45, 7) is 4.87. The Morgan fingerprint density at radius 2 is 1.70 bits per heavy atom. The van der Waals surface area contributed by atoms with E-state index in [1.165, 1.54) is 19.3 Å². The normalized spacial score (nSPS) is 12.1. The van der Waals surface area contributed by atoms with Gasteiger partial charge in [0.05, 0.1) is 12.5 Å². The molecule has 0 aliphatic rings. The van der Waals surface area contributed by atoms with Gasteiger partial charge in [-0.15, -0.1) is 0 Å². The van der Waals surface area contributed by atoms with Gasteiger partial charge in [0.1, 0.15) is 0 Å². The Balaban J connectivity index is 2.37. The van der Waals surface area contributed by atoms with E-state index in [0.29, 0.717) is 6.61 Å². The average molecular weight is 276 g/mol. The van der Waals surface area contributed by atoms with Crippen molar-refractivity contribution < 1.29 is 9.53 Å². The fraction of sp³-hybridized carbons (Fsp3) is 0.611. The Labute approximate surface area is 123 Å². The Bertz CT molecular complexity index is 359. The zero-order valence-electron chi connectivity index (χ0n) is 12.9. The summed E-state index contributed by atoms with van der Waals surface area (Å²) in [6.07, 6.45) is 7.75. The first-order chi connectivity index (χ1) is 9.79. The van der Waals surface area contributed by atoms with Crippen LogP contribution in [-0.2, 0) is 9.53 Å². The van der Waals surface area contributed by atoms with E-state index in [-0.39, 0.29) is 11.9 Å². The Morgan fingerprint density at radius 1 is 1.00 bits per heavy atom. The van der Waals surface area contributed by atoms with E-state index in [0.717, 1.165) is 31.2 Å². The summed E-state index contributed by atoms with van der Waals surface area (Å²) in [4.78, 5) is 12.2. The van der Waals surface area contributed by atoms with Crippen LogP contribution in [0, 0.1) is 0 Å². The van der Waals surface area contributed by atoms with Crippen LogP contribution in [0.25, 0.3) is 0 Å². The minimum Gasteiger partial charge on any atom is -0.465 e. The molecule has 0 saturated carbocycles. The van der Waals surface area contributed by atoms with E-state index in [1.54, 1.807) is 0 Å². The van der Waals surface area contributed by atoms with Gasteiger partial charge in [0.2, 0.25) is 0 Å². The number of carbonyl (C=O) groups is 1. The number of hydrogen-bond donors (Lipinski definition) is 0. The predicted octanol–water partition coefficient (Wildman–Crippen LogP) is 5.08. The fourth-order valence-electron chi connectivity index (χ4n) is 2.37. The largest absolute Gasteiger partial charge is 0.465 e. The lowest BCUT2D eigenvalue weighted by Gasteiger charge is -2.15. The molecule has 1 rings (SSSR count). The molecule has 112 valence electrons. The van der Waals surface area contributed by atoms with E-state index in [1.807, 2.05) is 30.3 Å². The van der Waals surface area contributed by atoms with Crippen molar-refractivity contribution >= 4 is 5.97 Å². The van der Waals surface area contributed by atoms with Gasteiger partial charge in [0, 0.05) is 0 Å². The van der Waals surface area contributed by atoms with Crippen molar-refractivity contribution in [1.29, 1.82) is 0 Å². The van der Waals surface area contributed by atoms with E-state index in [4.69, 9.17) is 4.74 Å². The molecule has 0 aliphatic heterocycles. The van der Waals surface area contributed by atoms with Gasteiger partial charge in [-0.2, -0.15) is 0 Å². The van der Waals surface area contributed by atoms with E-state index in [9.17, 15) is 4.79 Å². The maximum atomic E-state index is 12.2. The summed E-state index contributed by atoms with van der Waals surface area (Å²) in [5.74, 6) is -0.162. The minimum absolute atomic E-state index is 0.0615. The van der Waals surface area contributed by atoms with Crippen LogP contribution in [0.2, 0.25) is 0 Å². The van der Waals surface area contributed by atoms with Crippen molar-refractivity contribution in [3.05, 3.63) is 35.9 Å². The third-order valence-electron chi connectivity index (χ3n) is 3.56. The van der Waals surface area contributed by atoms with Gasteiger partial charge in [-0.05, 0) is 18.4 Å². The van der Waals surface area contributed by atoms with Crippen LogP contribution in [0.5, 0.6) is 0 Å². The highest BCUT2D eigenvalue weighted by Gasteiger charge is 2.20. The topological polar surface area (TPSA) is 26.3 Å². The monoisotopic (exact) mass is 276 g/mol.